The number of phenolic OH excluding ortho intramolecular Hbond substituents is 1. The van der Waals surface area contributed by atoms with Gasteiger partial charge in [0.2, 0.25) is 5.75 Å². The van der Waals surface area contributed by atoms with Gasteiger partial charge in [-0.05, 0) is 18.2 Å². The van der Waals surface area contributed by atoms with Crippen molar-refractivity contribution >= 4 is 29.6 Å². The largest absolute Gasteiger partial charge is 0.504 e. The number of benzene rings is 1. The first-order valence-electron chi connectivity index (χ1n) is 5.78. The zero-order valence-electron chi connectivity index (χ0n) is 11.1. The second-order valence-corrected chi connectivity index (χ2v) is 4.11. The fraction of sp³-hybridized carbons (Fsp3) is 0.0833. The third-order valence-corrected chi connectivity index (χ3v) is 2.77. The zero-order chi connectivity index (χ0) is 16.4. The Morgan fingerprint density at radius 2 is 1.82 bits per heavy atom. The number of methoxy groups -OCH3 is 1. The summed E-state index contributed by atoms with van der Waals surface area (Å²) in [5.74, 6) is -2.86. The van der Waals surface area contributed by atoms with Gasteiger partial charge in [0, 0.05) is 0 Å². The number of nitro groups is 1. The summed E-state index contributed by atoms with van der Waals surface area (Å²) in [5.41, 5.74) is -1.25. The molecule has 0 bridgehead atoms. The topological polar surface area (TPSA) is 148 Å². The number of carbonyl (C=O) groups excluding carboxylic acids is 3. The number of rotatable bonds is 3. The molecule has 1 aromatic rings. The molecule has 1 aliphatic rings. The number of aromatic hydroxyl groups is 1. The van der Waals surface area contributed by atoms with Crippen molar-refractivity contribution in [3.05, 3.63) is 33.4 Å². The number of hydrogen-bond acceptors (Lipinski definition) is 7. The number of phenols is 1. The van der Waals surface area contributed by atoms with Crippen LogP contribution in [0.1, 0.15) is 5.56 Å². The summed E-state index contributed by atoms with van der Waals surface area (Å²) in [6, 6.07) is 1.27. The van der Waals surface area contributed by atoms with Crippen LogP contribution in [0.3, 0.4) is 0 Å². The molecule has 0 saturated carbocycles. The first-order valence-corrected chi connectivity index (χ1v) is 5.78. The van der Waals surface area contributed by atoms with Gasteiger partial charge in [-0.25, -0.2) is 4.79 Å². The first kappa shape index (κ1) is 15.0. The first-order chi connectivity index (χ1) is 10.3. The van der Waals surface area contributed by atoms with E-state index >= 15 is 0 Å². The second kappa shape index (κ2) is 5.52. The summed E-state index contributed by atoms with van der Waals surface area (Å²) in [5, 5.41) is 24.4. The van der Waals surface area contributed by atoms with Gasteiger partial charge in [-0.2, -0.15) is 0 Å². The normalized spacial score (nSPS) is 14.2. The lowest BCUT2D eigenvalue weighted by atomic mass is 10.1. The third kappa shape index (κ3) is 2.57. The molecule has 3 N–H and O–H groups in total. The van der Waals surface area contributed by atoms with Crippen LogP contribution in [0.25, 0.3) is 6.08 Å². The molecule has 1 aromatic carbocycles. The van der Waals surface area contributed by atoms with Gasteiger partial charge < -0.3 is 9.84 Å². The second-order valence-electron chi connectivity index (χ2n) is 4.11. The van der Waals surface area contributed by atoms with Crippen LogP contribution >= 0.6 is 0 Å². The van der Waals surface area contributed by atoms with E-state index in [-0.39, 0.29) is 5.56 Å². The summed E-state index contributed by atoms with van der Waals surface area (Å²) in [6.07, 6.45) is 0.928. The molecule has 1 heterocycles. The quantitative estimate of drug-likeness (QED) is 0.309. The molecule has 0 spiro atoms. The van der Waals surface area contributed by atoms with Crippen LogP contribution in [-0.2, 0) is 9.59 Å². The average molecular weight is 307 g/mol. The highest BCUT2D eigenvalue weighted by atomic mass is 16.6. The number of nitro benzene ring substituents is 1. The number of barbiturate groups is 1. The fourth-order valence-electron chi connectivity index (χ4n) is 1.84. The number of urea groups is 1. The van der Waals surface area contributed by atoms with Gasteiger partial charge in [0.1, 0.15) is 5.57 Å². The van der Waals surface area contributed by atoms with Crippen molar-refractivity contribution < 1.29 is 29.2 Å². The predicted octanol–water partition coefficient (Wildman–Crippen LogP) is 0.0584. The van der Waals surface area contributed by atoms with Crippen LogP contribution in [0.5, 0.6) is 11.5 Å². The fourth-order valence-corrected chi connectivity index (χ4v) is 1.84. The van der Waals surface area contributed by atoms with Crippen LogP contribution in [0.15, 0.2) is 17.7 Å². The number of nitrogens with zero attached hydrogens (tertiary/aromatic N) is 1. The van der Waals surface area contributed by atoms with Gasteiger partial charge in [-0.1, -0.05) is 0 Å². The molecule has 10 nitrogen and oxygen atoms in total. The lowest BCUT2D eigenvalue weighted by Crippen LogP contribution is -2.51. The lowest BCUT2D eigenvalue weighted by molar-refractivity contribution is -0.386. The van der Waals surface area contributed by atoms with Crippen LogP contribution in [-0.4, -0.2) is 35.0 Å². The lowest BCUT2D eigenvalue weighted by Gasteiger charge is -2.14. The van der Waals surface area contributed by atoms with E-state index in [0.717, 1.165) is 25.3 Å². The van der Waals surface area contributed by atoms with Crippen LogP contribution < -0.4 is 15.4 Å². The zero-order valence-corrected chi connectivity index (χ0v) is 11.1. The molecule has 1 fully saturated rings. The van der Waals surface area contributed by atoms with Gasteiger partial charge in [0.15, 0.2) is 5.75 Å². The molecule has 4 amide bonds. The molecule has 2 rings (SSSR count). The Bertz CT molecular complexity index is 716. The standard InChI is InChI=1S/C12H9N3O7/c1-22-9-7(16)3-2-5(8(9)15(20)21)4-6-10(17)13-12(19)14-11(6)18/h2-4,16H,1H3,(H2,13,14,17,18,19). The van der Waals surface area contributed by atoms with Gasteiger partial charge >= 0.3 is 11.7 Å². The minimum atomic E-state index is -0.991. The SMILES string of the molecule is COc1c(O)ccc(C=C2C(=O)NC(=O)NC2=O)c1[N+](=O)[O-]. The van der Waals surface area contributed by atoms with Crippen molar-refractivity contribution in [2.75, 3.05) is 7.11 Å². The number of ether oxygens (including phenoxy) is 1. The van der Waals surface area contributed by atoms with Crippen molar-refractivity contribution in [2.45, 2.75) is 0 Å². The molecular weight excluding hydrogens is 298 g/mol. The van der Waals surface area contributed by atoms with E-state index in [2.05, 4.69) is 0 Å². The van der Waals surface area contributed by atoms with Gasteiger partial charge in [0.25, 0.3) is 11.8 Å². The molecule has 1 saturated heterocycles. The Labute approximate surface area is 122 Å². The molecule has 10 heteroatoms. The molecule has 1 aliphatic heterocycles. The maximum absolute atomic E-state index is 11.6. The Morgan fingerprint density at radius 1 is 1.23 bits per heavy atom. The minimum Gasteiger partial charge on any atom is -0.504 e. The summed E-state index contributed by atoms with van der Waals surface area (Å²) in [6.45, 7) is 0. The molecule has 0 radical (unpaired) electrons. The van der Waals surface area contributed by atoms with E-state index in [1.54, 1.807) is 0 Å². The van der Waals surface area contributed by atoms with Gasteiger partial charge in [-0.15, -0.1) is 0 Å². The van der Waals surface area contributed by atoms with E-state index < -0.39 is 45.5 Å². The van der Waals surface area contributed by atoms with Crippen molar-refractivity contribution in [3.8, 4) is 11.5 Å². The predicted molar refractivity (Wildman–Crippen MR) is 71.0 cm³/mol. The van der Waals surface area contributed by atoms with E-state index in [4.69, 9.17) is 4.74 Å². The molecule has 0 unspecified atom stereocenters. The highest BCUT2D eigenvalue weighted by Crippen LogP contribution is 2.39. The molecule has 0 atom stereocenters. The Morgan fingerprint density at radius 3 is 2.32 bits per heavy atom. The molecule has 0 aromatic heterocycles. The third-order valence-electron chi connectivity index (χ3n) is 2.77. The van der Waals surface area contributed by atoms with Gasteiger partial charge in [0.05, 0.1) is 17.6 Å². The molecule has 0 aliphatic carbocycles. The van der Waals surface area contributed by atoms with E-state index in [0.29, 0.717) is 0 Å². The van der Waals surface area contributed by atoms with Crippen LogP contribution in [0.2, 0.25) is 0 Å². The molecule has 114 valence electrons. The number of amides is 4. The monoisotopic (exact) mass is 307 g/mol. The highest BCUT2D eigenvalue weighted by molar-refractivity contribution is 6.31. The van der Waals surface area contributed by atoms with Crippen molar-refractivity contribution in [2.24, 2.45) is 0 Å². The van der Waals surface area contributed by atoms with Crippen LogP contribution in [0, 0.1) is 10.1 Å². The smallest absolute Gasteiger partial charge is 0.328 e. The summed E-state index contributed by atoms with van der Waals surface area (Å²) in [7, 11) is 1.12. The highest BCUT2D eigenvalue weighted by Gasteiger charge is 2.30. The number of carbonyl (C=O) groups is 3. The van der Waals surface area contributed by atoms with Crippen molar-refractivity contribution in [1.29, 1.82) is 0 Å². The Balaban J connectivity index is 2.60. The maximum Gasteiger partial charge on any atom is 0.328 e. The average Bonchev–Trinajstić information content (AvgIpc) is 2.43. The number of imide groups is 2. The number of hydrogen-bond donors (Lipinski definition) is 3. The Hall–Kier alpha value is -3.43. The molecule has 22 heavy (non-hydrogen) atoms. The van der Waals surface area contributed by atoms with E-state index in [1.807, 2.05) is 10.6 Å². The number of nitrogens with one attached hydrogen (secondary N) is 2. The maximum atomic E-state index is 11.6. The Kier molecular flexibility index (Phi) is 3.75. The van der Waals surface area contributed by atoms with Crippen molar-refractivity contribution in [3.63, 3.8) is 0 Å². The molecular formula is C12H9N3O7. The van der Waals surface area contributed by atoms with Gasteiger partial charge in [-0.3, -0.25) is 30.3 Å². The summed E-state index contributed by atoms with van der Waals surface area (Å²) >= 11 is 0. The van der Waals surface area contributed by atoms with Crippen LogP contribution in [0.4, 0.5) is 10.5 Å². The van der Waals surface area contributed by atoms with Crippen molar-refractivity contribution in [1.82, 2.24) is 10.6 Å². The van der Waals surface area contributed by atoms with E-state index in [1.165, 1.54) is 0 Å². The summed E-state index contributed by atoms with van der Waals surface area (Å²) < 4.78 is 4.76. The summed E-state index contributed by atoms with van der Waals surface area (Å²) in [4.78, 5) is 44.5. The van der Waals surface area contributed by atoms with E-state index in [9.17, 15) is 29.6 Å². The minimum absolute atomic E-state index is 0.144.